The van der Waals surface area contributed by atoms with Crippen molar-refractivity contribution in [2.24, 2.45) is 0 Å². The monoisotopic (exact) mass is 437 g/mol. The molecule has 168 valence electrons. The summed E-state index contributed by atoms with van der Waals surface area (Å²) in [7, 11) is 3.05. The average molecular weight is 437 g/mol. The van der Waals surface area contributed by atoms with Gasteiger partial charge in [0, 0.05) is 12.1 Å². The first-order valence-electron chi connectivity index (χ1n) is 10.2. The van der Waals surface area contributed by atoms with Gasteiger partial charge in [-0.1, -0.05) is 36.4 Å². The molecule has 1 atom stereocenters. The van der Waals surface area contributed by atoms with Gasteiger partial charge in [0.2, 0.25) is 5.75 Å². The lowest BCUT2D eigenvalue weighted by atomic mass is 10.2. The van der Waals surface area contributed by atoms with Gasteiger partial charge in [-0.2, -0.15) is 0 Å². The number of nitrogens with one attached hydrogen (secondary N) is 1. The molecule has 32 heavy (non-hydrogen) atoms. The molecule has 0 spiro atoms. The Kier molecular flexibility index (Phi) is 8.34. The highest BCUT2D eigenvalue weighted by atomic mass is 16.5. The Hall–Kier alpha value is -3.71. The number of hydrogen-bond acceptors (Lipinski definition) is 6. The third kappa shape index (κ3) is 6.39. The molecular formula is C25H27NO6. The van der Waals surface area contributed by atoms with E-state index in [9.17, 15) is 9.90 Å². The third-order valence-electron chi connectivity index (χ3n) is 4.67. The topological polar surface area (TPSA) is 86.3 Å². The van der Waals surface area contributed by atoms with Crippen LogP contribution < -0.4 is 24.3 Å². The highest BCUT2D eigenvalue weighted by Crippen LogP contribution is 2.36. The van der Waals surface area contributed by atoms with E-state index in [1.807, 2.05) is 30.3 Å². The van der Waals surface area contributed by atoms with Crippen LogP contribution in [0.15, 0.2) is 72.8 Å². The zero-order valence-electron chi connectivity index (χ0n) is 18.1. The second-order valence-electron chi connectivity index (χ2n) is 6.97. The molecule has 0 bridgehead atoms. The third-order valence-corrected chi connectivity index (χ3v) is 4.67. The van der Waals surface area contributed by atoms with Gasteiger partial charge < -0.3 is 29.4 Å². The number of amides is 1. The van der Waals surface area contributed by atoms with E-state index in [-0.39, 0.29) is 19.1 Å². The highest BCUT2D eigenvalue weighted by molar-refractivity contribution is 5.94. The zero-order valence-corrected chi connectivity index (χ0v) is 18.1. The molecule has 0 aliphatic heterocycles. The van der Waals surface area contributed by atoms with Crippen molar-refractivity contribution in [1.82, 2.24) is 5.32 Å². The minimum atomic E-state index is -0.915. The first kappa shape index (κ1) is 23.0. The summed E-state index contributed by atoms with van der Waals surface area (Å²) in [5.74, 6) is 1.76. The van der Waals surface area contributed by atoms with Gasteiger partial charge in [-0.05, 0) is 42.0 Å². The van der Waals surface area contributed by atoms with Gasteiger partial charge in [0.05, 0.1) is 14.2 Å². The number of hydrogen-bond donors (Lipinski definition) is 2. The van der Waals surface area contributed by atoms with E-state index >= 15 is 0 Å². The first-order valence-corrected chi connectivity index (χ1v) is 10.2. The lowest BCUT2D eigenvalue weighted by Gasteiger charge is -2.17. The molecule has 0 saturated heterocycles. The smallest absolute Gasteiger partial charge is 0.251 e. The quantitative estimate of drug-likeness (QED) is 0.478. The lowest BCUT2D eigenvalue weighted by Crippen LogP contribution is -2.35. The predicted molar refractivity (Wildman–Crippen MR) is 121 cm³/mol. The highest BCUT2D eigenvalue weighted by Gasteiger charge is 2.15. The van der Waals surface area contributed by atoms with Crippen LogP contribution in [-0.4, -0.2) is 44.5 Å². The van der Waals surface area contributed by atoms with E-state index in [1.54, 1.807) is 42.5 Å². The summed E-state index contributed by atoms with van der Waals surface area (Å²) in [6.07, 6.45) is -0.915. The van der Waals surface area contributed by atoms with Crippen molar-refractivity contribution in [1.29, 1.82) is 0 Å². The summed E-state index contributed by atoms with van der Waals surface area (Å²) in [5, 5.41) is 12.9. The van der Waals surface area contributed by atoms with Crippen molar-refractivity contribution in [2.75, 3.05) is 27.4 Å². The Morgan fingerprint density at radius 3 is 2.16 bits per heavy atom. The fraction of sp³-hybridized carbons (Fsp3) is 0.240. The summed E-state index contributed by atoms with van der Waals surface area (Å²) >= 11 is 0. The SMILES string of the molecule is COc1cccc(OC)c1OCC(O)CNC(=O)c1ccc(OCc2ccccc2)cc1. The van der Waals surface area contributed by atoms with E-state index in [0.717, 1.165) is 5.56 Å². The van der Waals surface area contributed by atoms with Crippen LogP contribution in [0.1, 0.15) is 15.9 Å². The van der Waals surface area contributed by atoms with Gasteiger partial charge in [-0.3, -0.25) is 4.79 Å². The molecule has 0 aromatic heterocycles. The van der Waals surface area contributed by atoms with Crippen LogP contribution in [0.2, 0.25) is 0 Å². The molecule has 7 nitrogen and oxygen atoms in total. The number of carbonyl (C=O) groups is 1. The standard InChI is InChI=1S/C25H27NO6/c1-29-22-9-6-10-23(30-2)24(22)32-17-20(27)15-26-25(28)19-11-13-21(14-12-19)31-16-18-7-4-3-5-8-18/h3-14,20,27H,15-17H2,1-2H3,(H,26,28). The van der Waals surface area contributed by atoms with Gasteiger partial charge in [-0.15, -0.1) is 0 Å². The molecule has 0 aliphatic rings. The van der Waals surface area contributed by atoms with Crippen LogP contribution >= 0.6 is 0 Å². The minimum absolute atomic E-state index is 0.0303. The first-order chi connectivity index (χ1) is 15.6. The number of ether oxygens (including phenoxy) is 4. The molecule has 0 saturated carbocycles. The molecule has 1 unspecified atom stereocenters. The molecule has 1 amide bonds. The van der Waals surface area contributed by atoms with Crippen LogP contribution in [0.25, 0.3) is 0 Å². The Balaban J connectivity index is 1.46. The maximum Gasteiger partial charge on any atom is 0.251 e. The lowest BCUT2D eigenvalue weighted by molar-refractivity contribution is 0.0833. The van der Waals surface area contributed by atoms with E-state index in [4.69, 9.17) is 18.9 Å². The normalized spacial score (nSPS) is 11.3. The predicted octanol–water partition coefficient (Wildman–Crippen LogP) is 3.45. The second kappa shape index (κ2) is 11.6. The molecule has 0 radical (unpaired) electrons. The Morgan fingerprint density at radius 1 is 0.875 bits per heavy atom. The molecule has 0 aliphatic carbocycles. The van der Waals surface area contributed by atoms with E-state index in [2.05, 4.69) is 5.32 Å². The molecule has 3 aromatic rings. The molecule has 7 heteroatoms. The number of rotatable bonds is 11. The van der Waals surface area contributed by atoms with Gasteiger partial charge >= 0.3 is 0 Å². The number of benzene rings is 3. The van der Waals surface area contributed by atoms with Gasteiger partial charge in [-0.25, -0.2) is 0 Å². The number of carbonyl (C=O) groups excluding carboxylic acids is 1. The summed E-state index contributed by atoms with van der Waals surface area (Å²) in [6.45, 7) is 0.446. The van der Waals surface area contributed by atoms with E-state index in [0.29, 0.717) is 35.2 Å². The van der Waals surface area contributed by atoms with Crippen LogP contribution in [-0.2, 0) is 6.61 Å². The second-order valence-corrected chi connectivity index (χ2v) is 6.97. The van der Waals surface area contributed by atoms with Crippen LogP contribution in [0.5, 0.6) is 23.0 Å². The molecule has 0 heterocycles. The summed E-state index contributed by atoms with van der Waals surface area (Å²) in [6, 6.07) is 21.9. The van der Waals surface area contributed by atoms with Crippen LogP contribution in [0.3, 0.4) is 0 Å². The number of para-hydroxylation sites is 1. The minimum Gasteiger partial charge on any atom is -0.493 e. The average Bonchev–Trinajstić information content (AvgIpc) is 2.85. The molecule has 3 aromatic carbocycles. The number of aliphatic hydroxyl groups is 1. The van der Waals surface area contributed by atoms with Gasteiger partial charge in [0.1, 0.15) is 25.1 Å². The number of methoxy groups -OCH3 is 2. The van der Waals surface area contributed by atoms with Gasteiger partial charge in [0.25, 0.3) is 5.91 Å². The van der Waals surface area contributed by atoms with Crippen molar-refractivity contribution >= 4 is 5.91 Å². The Morgan fingerprint density at radius 2 is 1.53 bits per heavy atom. The fourth-order valence-electron chi connectivity index (χ4n) is 2.95. The maximum atomic E-state index is 12.4. The Labute approximate surface area is 187 Å². The molecule has 2 N–H and O–H groups in total. The fourth-order valence-corrected chi connectivity index (χ4v) is 2.95. The summed E-state index contributed by atoms with van der Waals surface area (Å²) in [5.41, 5.74) is 1.54. The molecule has 3 rings (SSSR count). The molecule has 0 fully saturated rings. The Bertz CT molecular complexity index is 969. The maximum absolute atomic E-state index is 12.4. The van der Waals surface area contributed by atoms with Crippen molar-refractivity contribution in [3.63, 3.8) is 0 Å². The van der Waals surface area contributed by atoms with Crippen molar-refractivity contribution in [2.45, 2.75) is 12.7 Å². The van der Waals surface area contributed by atoms with Crippen molar-refractivity contribution < 1.29 is 28.8 Å². The van der Waals surface area contributed by atoms with Gasteiger partial charge in [0.15, 0.2) is 11.5 Å². The van der Waals surface area contributed by atoms with E-state index < -0.39 is 6.10 Å². The van der Waals surface area contributed by atoms with Crippen molar-refractivity contribution in [3.05, 3.63) is 83.9 Å². The van der Waals surface area contributed by atoms with Crippen molar-refractivity contribution in [3.8, 4) is 23.0 Å². The summed E-state index contributed by atoms with van der Waals surface area (Å²) < 4.78 is 21.9. The largest absolute Gasteiger partial charge is 0.493 e. The number of aliphatic hydroxyl groups excluding tert-OH is 1. The zero-order chi connectivity index (χ0) is 22.8. The summed E-state index contributed by atoms with van der Waals surface area (Å²) in [4.78, 5) is 12.4. The van der Waals surface area contributed by atoms with E-state index in [1.165, 1.54) is 14.2 Å². The van der Waals surface area contributed by atoms with Crippen LogP contribution in [0, 0.1) is 0 Å². The van der Waals surface area contributed by atoms with Crippen LogP contribution in [0.4, 0.5) is 0 Å². The molecular weight excluding hydrogens is 410 g/mol.